The lowest BCUT2D eigenvalue weighted by atomic mass is 9.99. The standard InChI is InChI=1S/C20H23N3O2S/c1-3-16(2)18-9-11-20(12-10-18)26(24,25)22-14-17-13-21-23(15-17)19-7-5-4-6-8-19/h4-13,15-16,22H,3,14H2,1-2H3. The van der Waals surface area contributed by atoms with Crippen LogP contribution in [-0.2, 0) is 16.6 Å². The van der Waals surface area contributed by atoms with E-state index in [1.807, 2.05) is 48.7 Å². The van der Waals surface area contributed by atoms with Crippen molar-refractivity contribution in [2.24, 2.45) is 0 Å². The Morgan fingerprint density at radius 2 is 1.77 bits per heavy atom. The fourth-order valence-corrected chi connectivity index (χ4v) is 3.66. The summed E-state index contributed by atoms with van der Waals surface area (Å²) in [5, 5.41) is 4.28. The molecule has 0 aliphatic carbocycles. The van der Waals surface area contributed by atoms with Crippen LogP contribution in [0.1, 0.15) is 37.3 Å². The molecular formula is C20H23N3O2S. The number of rotatable bonds is 7. The summed E-state index contributed by atoms with van der Waals surface area (Å²) in [5.74, 6) is 0.420. The fourth-order valence-electron chi connectivity index (χ4n) is 2.65. The lowest BCUT2D eigenvalue weighted by Gasteiger charge is -2.10. The van der Waals surface area contributed by atoms with Crippen LogP contribution in [0.25, 0.3) is 5.69 Å². The highest BCUT2D eigenvalue weighted by molar-refractivity contribution is 7.89. The molecule has 1 aromatic heterocycles. The summed E-state index contributed by atoms with van der Waals surface area (Å²) in [6.45, 7) is 4.45. The van der Waals surface area contributed by atoms with Crippen molar-refractivity contribution in [3.8, 4) is 5.69 Å². The Bertz CT molecular complexity index is 948. The van der Waals surface area contributed by atoms with Crippen LogP contribution in [0, 0.1) is 0 Å². The second-order valence-corrected chi connectivity index (χ2v) is 8.10. The van der Waals surface area contributed by atoms with E-state index in [9.17, 15) is 8.42 Å². The summed E-state index contributed by atoms with van der Waals surface area (Å²) in [7, 11) is -3.55. The van der Waals surface area contributed by atoms with Crippen LogP contribution >= 0.6 is 0 Å². The number of hydrogen-bond donors (Lipinski definition) is 1. The molecule has 6 heteroatoms. The van der Waals surface area contributed by atoms with E-state index < -0.39 is 10.0 Å². The van der Waals surface area contributed by atoms with Gasteiger partial charge in [-0.05, 0) is 42.2 Å². The van der Waals surface area contributed by atoms with Crippen LogP contribution in [0.4, 0.5) is 0 Å². The first kappa shape index (κ1) is 18.4. The smallest absolute Gasteiger partial charge is 0.240 e. The Balaban J connectivity index is 1.68. The molecule has 0 saturated heterocycles. The molecule has 0 bridgehead atoms. The fraction of sp³-hybridized carbons (Fsp3) is 0.250. The minimum atomic E-state index is -3.55. The SMILES string of the molecule is CCC(C)c1ccc(S(=O)(=O)NCc2cnn(-c3ccccc3)c2)cc1. The number of nitrogens with zero attached hydrogens (tertiary/aromatic N) is 2. The molecule has 0 aliphatic heterocycles. The monoisotopic (exact) mass is 369 g/mol. The van der Waals surface area contributed by atoms with Gasteiger partial charge in [0.1, 0.15) is 0 Å². The molecule has 1 atom stereocenters. The number of para-hydroxylation sites is 1. The summed E-state index contributed by atoms with van der Waals surface area (Å²) < 4.78 is 29.4. The molecule has 1 heterocycles. The third-order valence-electron chi connectivity index (χ3n) is 4.49. The van der Waals surface area contributed by atoms with Crippen LogP contribution in [0.2, 0.25) is 0 Å². The normalized spacial score (nSPS) is 12.8. The minimum Gasteiger partial charge on any atom is -0.241 e. The van der Waals surface area contributed by atoms with Crippen molar-refractivity contribution in [1.82, 2.24) is 14.5 Å². The quantitative estimate of drug-likeness (QED) is 0.688. The highest BCUT2D eigenvalue weighted by Crippen LogP contribution is 2.20. The van der Waals surface area contributed by atoms with E-state index in [4.69, 9.17) is 0 Å². The van der Waals surface area contributed by atoms with Gasteiger partial charge in [0.2, 0.25) is 10.0 Å². The molecule has 5 nitrogen and oxygen atoms in total. The topological polar surface area (TPSA) is 64.0 Å². The van der Waals surface area contributed by atoms with E-state index in [0.29, 0.717) is 5.92 Å². The zero-order valence-corrected chi connectivity index (χ0v) is 15.8. The summed E-state index contributed by atoms with van der Waals surface area (Å²) >= 11 is 0. The summed E-state index contributed by atoms with van der Waals surface area (Å²) in [6.07, 6.45) is 4.52. The highest BCUT2D eigenvalue weighted by atomic mass is 32.2. The number of hydrogen-bond acceptors (Lipinski definition) is 3. The van der Waals surface area contributed by atoms with Crippen molar-refractivity contribution in [2.45, 2.75) is 37.6 Å². The molecule has 0 amide bonds. The molecule has 1 N–H and O–H groups in total. The third kappa shape index (κ3) is 4.20. The van der Waals surface area contributed by atoms with Crippen molar-refractivity contribution >= 4 is 10.0 Å². The van der Waals surface area contributed by atoms with Crippen molar-refractivity contribution in [3.05, 3.63) is 78.1 Å². The summed E-state index contributed by atoms with van der Waals surface area (Å²) in [6, 6.07) is 16.8. The maximum absolute atomic E-state index is 12.5. The van der Waals surface area contributed by atoms with Gasteiger partial charge in [-0.25, -0.2) is 17.8 Å². The second kappa shape index (κ2) is 7.85. The zero-order chi connectivity index (χ0) is 18.6. The largest absolute Gasteiger partial charge is 0.241 e. The maximum Gasteiger partial charge on any atom is 0.240 e. The first-order chi connectivity index (χ1) is 12.5. The molecule has 0 spiro atoms. The molecule has 3 aromatic rings. The molecule has 136 valence electrons. The van der Waals surface area contributed by atoms with Gasteiger partial charge >= 0.3 is 0 Å². The molecule has 1 unspecified atom stereocenters. The number of benzene rings is 2. The Morgan fingerprint density at radius 1 is 1.08 bits per heavy atom. The molecule has 2 aromatic carbocycles. The molecule has 0 fully saturated rings. The molecule has 3 rings (SSSR count). The van der Waals surface area contributed by atoms with Gasteiger partial charge in [0.05, 0.1) is 16.8 Å². The first-order valence-electron chi connectivity index (χ1n) is 8.68. The molecular weight excluding hydrogens is 346 g/mol. The Labute approximate surface area is 154 Å². The predicted molar refractivity (Wildman–Crippen MR) is 103 cm³/mol. The van der Waals surface area contributed by atoms with Gasteiger partial charge in [-0.15, -0.1) is 0 Å². The number of aromatic nitrogens is 2. The Morgan fingerprint density at radius 3 is 2.42 bits per heavy atom. The van der Waals surface area contributed by atoms with Gasteiger partial charge in [-0.2, -0.15) is 5.10 Å². The van der Waals surface area contributed by atoms with Gasteiger partial charge < -0.3 is 0 Å². The van der Waals surface area contributed by atoms with Gasteiger partial charge in [0, 0.05) is 18.3 Å². The summed E-state index contributed by atoms with van der Waals surface area (Å²) in [4.78, 5) is 0.278. The molecule has 0 saturated carbocycles. The zero-order valence-electron chi connectivity index (χ0n) is 15.0. The van der Waals surface area contributed by atoms with Crippen molar-refractivity contribution in [2.75, 3.05) is 0 Å². The van der Waals surface area contributed by atoms with Crippen LogP contribution in [0.15, 0.2) is 71.9 Å². The van der Waals surface area contributed by atoms with Crippen LogP contribution in [0.5, 0.6) is 0 Å². The van der Waals surface area contributed by atoms with E-state index in [-0.39, 0.29) is 11.4 Å². The van der Waals surface area contributed by atoms with Gasteiger partial charge in [0.25, 0.3) is 0 Å². The third-order valence-corrected chi connectivity index (χ3v) is 5.91. The molecule has 0 radical (unpaired) electrons. The van der Waals surface area contributed by atoms with Gasteiger partial charge in [0.15, 0.2) is 0 Å². The predicted octanol–water partition coefficient (Wildman–Crippen LogP) is 3.86. The van der Waals surface area contributed by atoms with Crippen LogP contribution < -0.4 is 4.72 Å². The van der Waals surface area contributed by atoms with Crippen molar-refractivity contribution in [3.63, 3.8) is 0 Å². The van der Waals surface area contributed by atoms with Crippen LogP contribution in [-0.4, -0.2) is 18.2 Å². The maximum atomic E-state index is 12.5. The average Bonchev–Trinajstić information content (AvgIpc) is 3.16. The number of nitrogens with one attached hydrogen (secondary N) is 1. The van der Waals surface area contributed by atoms with Crippen LogP contribution in [0.3, 0.4) is 0 Å². The van der Waals surface area contributed by atoms with E-state index >= 15 is 0 Å². The highest BCUT2D eigenvalue weighted by Gasteiger charge is 2.15. The van der Waals surface area contributed by atoms with E-state index in [1.165, 1.54) is 0 Å². The molecule has 0 aliphatic rings. The first-order valence-corrected chi connectivity index (χ1v) is 10.2. The lowest BCUT2D eigenvalue weighted by molar-refractivity contribution is 0.581. The average molecular weight is 369 g/mol. The Kier molecular flexibility index (Phi) is 5.54. The Hall–Kier alpha value is -2.44. The van der Waals surface area contributed by atoms with E-state index in [2.05, 4.69) is 23.7 Å². The van der Waals surface area contributed by atoms with Gasteiger partial charge in [-0.3, -0.25) is 0 Å². The second-order valence-electron chi connectivity index (χ2n) is 6.33. The van der Waals surface area contributed by atoms with Crippen molar-refractivity contribution < 1.29 is 8.42 Å². The lowest BCUT2D eigenvalue weighted by Crippen LogP contribution is -2.23. The van der Waals surface area contributed by atoms with Crippen molar-refractivity contribution in [1.29, 1.82) is 0 Å². The van der Waals surface area contributed by atoms with Gasteiger partial charge in [-0.1, -0.05) is 44.2 Å². The van der Waals surface area contributed by atoms with E-state index in [1.54, 1.807) is 23.0 Å². The minimum absolute atomic E-state index is 0.197. The number of sulfonamides is 1. The van der Waals surface area contributed by atoms with E-state index in [0.717, 1.165) is 23.2 Å². The molecule has 26 heavy (non-hydrogen) atoms. The summed E-state index contributed by atoms with van der Waals surface area (Å²) in [5.41, 5.74) is 2.88.